The van der Waals surface area contributed by atoms with Crippen molar-refractivity contribution in [3.05, 3.63) is 12.4 Å². The number of carbonyl (C=O) groups is 1. The summed E-state index contributed by atoms with van der Waals surface area (Å²) < 4.78 is 28.2. The number of amides is 2. The number of aromatic nitrogens is 2. The molecule has 1 aromatic rings. The molecule has 10 heteroatoms. The van der Waals surface area contributed by atoms with Crippen molar-refractivity contribution in [2.45, 2.75) is 49.8 Å². The van der Waals surface area contributed by atoms with Gasteiger partial charge in [0.1, 0.15) is 0 Å². The summed E-state index contributed by atoms with van der Waals surface area (Å²) >= 11 is 0. The number of likely N-dealkylation sites (tertiary alicyclic amines) is 1. The number of hydrogen-bond acceptors (Lipinski definition) is 6. The van der Waals surface area contributed by atoms with Crippen molar-refractivity contribution in [3.63, 3.8) is 0 Å². The lowest BCUT2D eigenvalue weighted by Crippen LogP contribution is -2.50. The molecule has 1 saturated heterocycles. The SMILES string of the molecule is CN(C)c1ncc(NC(=O)N2CCCC(S(=O)(=O)NC3CCCC3)C2)cn1. The Bertz CT molecular complexity index is 746. The third-order valence-corrected chi connectivity index (χ3v) is 7.00. The van der Waals surface area contributed by atoms with Crippen LogP contribution in [0.3, 0.4) is 0 Å². The summed E-state index contributed by atoms with van der Waals surface area (Å²) in [5.41, 5.74) is 0.486. The van der Waals surface area contributed by atoms with Gasteiger partial charge in [-0.15, -0.1) is 0 Å². The van der Waals surface area contributed by atoms with Gasteiger partial charge in [-0.1, -0.05) is 12.8 Å². The summed E-state index contributed by atoms with van der Waals surface area (Å²) in [5, 5.41) is 2.19. The van der Waals surface area contributed by atoms with E-state index in [1.807, 2.05) is 14.1 Å². The lowest BCUT2D eigenvalue weighted by molar-refractivity contribution is 0.200. The molecule has 2 amide bonds. The number of urea groups is 1. The highest BCUT2D eigenvalue weighted by atomic mass is 32.2. The van der Waals surface area contributed by atoms with Crippen LogP contribution >= 0.6 is 0 Å². The first kappa shape index (κ1) is 19.8. The van der Waals surface area contributed by atoms with E-state index in [1.54, 1.807) is 22.2 Å². The Morgan fingerprint density at radius 2 is 1.81 bits per heavy atom. The Hall–Kier alpha value is -1.94. The van der Waals surface area contributed by atoms with E-state index in [4.69, 9.17) is 0 Å². The Morgan fingerprint density at radius 3 is 2.44 bits per heavy atom. The fourth-order valence-corrected chi connectivity index (χ4v) is 5.31. The topological polar surface area (TPSA) is 108 Å². The van der Waals surface area contributed by atoms with Crippen molar-refractivity contribution in [1.29, 1.82) is 0 Å². The molecule has 1 aliphatic carbocycles. The summed E-state index contributed by atoms with van der Waals surface area (Å²) in [6.45, 7) is 0.739. The van der Waals surface area contributed by atoms with Crippen LogP contribution in [-0.2, 0) is 10.0 Å². The van der Waals surface area contributed by atoms with Gasteiger partial charge >= 0.3 is 6.03 Å². The van der Waals surface area contributed by atoms with E-state index in [0.717, 1.165) is 25.7 Å². The van der Waals surface area contributed by atoms with Gasteiger partial charge in [0, 0.05) is 33.2 Å². The molecule has 2 N–H and O–H groups in total. The monoisotopic (exact) mass is 396 g/mol. The molecule has 27 heavy (non-hydrogen) atoms. The molecular weight excluding hydrogens is 368 g/mol. The molecule has 2 fully saturated rings. The number of nitrogens with one attached hydrogen (secondary N) is 2. The van der Waals surface area contributed by atoms with Crippen molar-refractivity contribution in [2.24, 2.45) is 0 Å². The molecule has 1 atom stereocenters. The van der Waals surface area contributed by atoms with Crippen LogP contribution in [0.25, 0.3) is 0 Å². The van der Waals surface area contributed by atoms with Crippen molar-refractivity contribution < 1.29 is 13.2 Å². The first-order valence-electron chi connectivity index (χ1n) is 9.41. The number of rotatable bonds is 5. The van der Waals surface area contributed by atoms with Gasteiger partial charge in [0.15, 0.2) is 0 Å². The second kappa shape index (κ2) is 8.39. The quantitative estimate of drug-likeness (QED) is 0.779. The van der Waals surface area contributed by atoms with Gasteiger partial charge in [0.05, 0.1) is 23.3 Å². The molecule has 0 radical (unpaired) electrons. The van der Waals surface area contributed by atoms with Crippen LogP contribution in [0.2, 0.25) is 0 Å². The Balaban J connectivity index is 1.58. The van der Waals surface area contributed by atoms with Crippen molar-refractivity contribution in [1.82, 2.24) is 19.6 Å². The summed E-state index contributed by atoms with van der Waals surface area (Å²) in [6, 6.07) is -0.275. The molecule has 1 aromatic heterocycles. The molecule has 150 valence electrons. The first-order valence-corrected chi connectivity index (χ1v) is 11.0. The predicted molar refractivity (Wildman–Crippen MR) is 104 cm³/mol. The van der Waals surface area contributed by atoms with E-state index in [9.17, 15) is 13.2 Å². The van der Waals surface area contributed by atoms with Crippen LogP contribution < -0.4 is 14.9 Å². The highest BCUT2D eigenvalue weighted by Crippen LogP contribution is 2.22. The van der Waals surface area contributed by atoms with Crippen molar-refractivity contribution >= 4 is 27.7 Å². The van der Waals surface area contributed by atoms with Gasteiger partial charge in [0.2, 0.25) is 16.0 Å². The first-order chi connectivity index (χ1) is 12.8. The van der Waals surface area contributed by atoms with Crippen molar-refractivity contribution in [3.8, 4) is 0 Å². The minimum atomic E-state index is -3.42. The largest absolute Gasteiger partial charge is 0.347 e. The van der Waals surface area contributed by atoms with E-state index in [0.29, 0.717) is 31.0 Å². The van der Waals surface area contributed by atoms with Crippen LogP contribution in [0, 0.1) is 0 Å². The van der Waals surface area contributed by atoms with Gasteiger partial charge < -0.3 is 15.1 Å². The van der Waals surface area contributed by atoms with Gasteiger partial charge in [-0.2, -0.15) is 0 Å². The van der Waals surface area contributed by atoms with Crippen LogP contribution in [0.15, 0.2) is 12.4 Å². The molecule has 3 rings (SSSR count). The molecule has 0 aromatic carbocycles. The smallest absolute Gasteiger partial charge is 0.321 e. The number of hydrogen-bond donors (Lipinski definition) is 2. The maximum atomic E-state index is 12.7. The Labute approximate surface area is 160 Å². The number of sulfonamides is 1. The molecule has 9 nitrogen and oxygen atoms in total. The van der Waals surface area contributed by atoms with E-state index >= 15 is 0 Å². The average molecular weight is 397 g/mol. The molecule has 1 aliphatic heterocycles. The normalized spacial score (nSPS) is 21.3. The van der Waals surface area contributed by atoms with Gasteiger partial charge in [-0.05, 0) is 25.7 Å². The Morgan fingerprint density at radius 1 is 1.15 bits per heavy atom. The maximum absolute atomic E-state index is 12.7. The van der Waals surface area contributed by atoms with Gasteiger partial charge in [0.25, 0.3) is 0 Å². The summed E-state index contributed by atoms with van der Waals surface area (Å²) in [6.07, 6.45) is 8.27. The predicted octanol–water partition coefficient (Wildman–Crippen LogP) is 1.40. The lowest BCUT2D eigenvalue weighted by atomic mass is 10.1. The summed E-state index contributed by atoms with van der Waals surface area (Å²) in [7, 11) is 0.247. The number of anilines is 2. The number of carbonyl (C=O) groups excluding carboxylic acids is 1. The second-order valence-corrected chi connectivity index (χ2v) is 9.44. The van der Waals surface area contributed by atoms with Crippen LogP contribution in [0.5, 0.6) is 0 Å². The Kier molecular flexibility index (Phi) is 6.15. The van der Waals surface area contributed by atoms with E-state index < -0.39 is 15.3 Å². The zero-order chi connectivity index (χ0) is 19.4. The zero-order valence-electron chi connectivity index (χ0n) is 15.9. The molecule has 0 spiro atoms. The third-order valence-electron chi connectivity index (χ3n) is 5.08. The van der Waals surface area contributed by atoms with Crippen LogP contribution in [0.1, 0.15) is 38.5 Å². The molecule has 2 heterocycles. The number of nitrogens with zero attached hydrogens (tertiary/aromatic N) is 4. The average Bonchev–Trinajstić information content (AvgIpc) is 3.14. The zero-order valence-corrected chi connectivity index (χ0v) is 16.7. The van der Waals surface area contributed by atoms with Gasteiger partial charge in [-0.25, -0.2) is 27.9 Å². The van der Waals surface area contributed by atoms with E-state index in [-0.39, 0.29) is 18.6 Å². The van der Waals surface area contributed by atoms with Crippen LogP contribution in [-0.4, -0.2) is 67.8 Å². The number of piperidine rings is 1. The van der Waals surface area contributed by atoms with E-state index in [2.05, 4.69) is 20.0 Å². The standard InChI is InChI=1S/C17H28N6O3S/c1-22(2)16-18-10-14(11-19-16)20-17(24)23-9-5-8-15(12-23)27(25,26)21-13-6-3-4-7-13/h10-11,13,15,21H,3-9,12H2,1-2H3,(H,20,24). The molecule has 2 aliphatic rings. The second-order valence-electron chi connectivity index (χ2n) is 7.45. The lowest BCUT2D eigenvalue weighted by Gasteiger charge is -2.33. The minimum Gasteiger partial charge on any atom is -0.347 e. The summed E-state index contributed by atoms with van der Waals surface area (Å²) in [4.78, 5) is 24.2. The molecule has 1 unspecified atom stereocenters. The highest BCUT2D eigenvalue weighted by molar-refractivity contribution is 7.90. The van der Waals surface area contributed by atoms with Gasteiger partial charge in [-0.3, -0.25) is 0 Å². The fraction of sp³-hybridized carbons (Fsp3) is 0.706. The third kappa shape index (κ3) is 5.07. The van der Waals surface area contributed by atoms with Crippen molar-refractivity contribution in [2.75, 3.05) is 37.4 Å². The molecule has 1 saturated carbocycles. The fourth-order valence-electron chi connectivity index (χ4n) is 3.57. The minimum absolute atomic E-state index is 0.0477. The summed E-state index contributed by atoms with van der Waals surface area (Å²) in [5.74, 6) is 0.551. The van der Waals surface area contributed by atoms with Crippen LogP contribution in [0.4, 0.5) is 16.4 Å². The highest BCUT2D eigenvalue weighted by Gasteiger charge is 2.34. The van der Waals surface area contributed by atoms with E-state index in [1.165, 1.54) is 0 Å². The molecular formula is C17H28N6O3S. The molecule has 0 bridgehead atoms. The maximum Gasteiger partial charge on any atom is 0.321 e.